The van der Waals surface area contributed by atoms with E-state index in [-0.39, 0.29) is 5.82 Å². The number of hydrogen-bond donors (Lipinski definition) is 0. The molecular weight excluding hydrogens is 271 g/mol. The van der Waals surface area contributed by atoms with Crippen molar-refractivity contribution in [2.75, 3.05) is 53.0 Å². The highest BCUT2D eigenvalue weighted by atomic mass is 19.1. The summed E-state index contributed by atoms with van der Waals surface area (Å²) in [7, 11) is 1.74. The van der Waals surface area contributed by atoms with E-state index in [1.807, 2.05) is 0 Å². The van der Waals surface area contributed by atoms with Crippen molar-refractivity contribution in [1.82, 2.24) is 9.80 Å². The van der Waals surface area contributed by atoms with Crippen LogP contribution in [0.1, 0.15) is 6.92 Å². The Balaban J connectivity index is 1.68. The Bertz CT molecular complexity index is 430. The van der Waals surface area contributed by atoms with Gasteiger partial charge in [-0.1, -0.05) is 6.07 Å². The summed E-state index contributed by atoms with van der Waals surface area (Å²) in [6.45, 7) is 8.63. The molecule has 0 aromatic heterocycles. The molecule has 0 saturated carbocycles. The van der Waals surface area contributed by atoms with Crippen LogP contribution < -0.4 is 4.74 Å². The Morgan fingerprint density at radius 2 is 2.10 bits per heavy atom. The predicted molar refractivity (Wildman–Crippen MR) is 81.2 cm³/mol. The molecule has 1 heterocycles. The minimum Gasteiger partial charge on any atom is -0.492 e. The van der Waals surface area contributed by atoms with Crippen molar-refractivity contribution in [2.24, 2.45) is 0 Å². The van der Waals surface area contributed by atoms with E-state index in [1.54, 1.807) is 19.2 Å². The molecule has 1 aliphatic heterocycles. The third-order valence-corrected chi connectivity index (χ3v) is 3.90. The normalized spacial score (nSPS) is 20.6. The van der Waals surface area contributed by atoms with Gasteiger partial charge in [0.15, 0.2) is 0 Å². The van der Waals surface area contributed by atoms with Crippen molar-refractivity contribution in [2.45, 2.75) is 13.0 Å². The van der Waals surface area contributed by atoms with Crippen LogP contribution in [0.4, 0.5) is 4.39 Å². The molecule has 0 radical (unpaired) electrons. The maximum Gasteiger partial charge on any atom is 0.126 e. The second-order valence-corrected chi connectivity index (χ2v) is 5.48. The van der Waals surface area contributed by atoms with Crippen LogP contribution in [-0.2, 0) is 4.74 Å². The lowest BCUT2D eigenvalue weighted by atomic mass is 10.2. The number of halogens is 1. The summed E-state index contributed by atoms with van der Waals surface area (Å²) < 4.78 is 23.8. The number of benzene rings is 1. The van der Waals surface area contributed by atoms with Crippen LogP contribution in [0.25, 0.3) is 0 Å². The van der Waals surface area contributed by atoms with Gasteiger partial charge in [0.1, 0.15) is 18.2 Å². The molecule has 1 fully saturated rings. The molecule has 118 valence electrons. The average Bonchev–Trinajstić information content (AvgIpc) is 2.46. The van der Waals surface area contributed by atoms with E-state index in [0.717, 1.165) is 39.3 Å². The van der Waals surface area contributed by atoms with Gasteiger partial charge in [-0.2, -0.15) is 0 Å². The minimum absolute atomic E-state index is 0.257. The predicted octanol–water partition coefficient (Wildman–Crippen LogP) is 1.86. The first-order valence-electron chi connectivity index (χ1n) is 7.53. The SMILES string of the molecule is COCCN1CCN(CCOc2cccc(F)c2)C[C@@H]1C. The van der Waals surface area contributed by atoms with E-state index in [2.05, 4.69) is 16.7 Å². The first-order chi connectivity index (χ1) is 10.2. The van der Waals surface area contributed by atoms with Gasteiger partial charge in [0, 0.05) is 51.9 Å². The molecule has 0 spiro atoms. The number of hydrogen-bond acceptors (Lipinski definition) is 4. The van der Waals surface area contributed by atoms with Gasteiger partial charge in [0.2, 0.25) is 0 Å². The average molecular weight is 296 g/mol. The quantitative estimate of drug-likeness (QED) is 0.767. The van der Waals surface area contributed by atoms with Crippen LogP contribution in [0, 0.1) is 5.82 Å². The zero-order valence-corrected chi connectivity index (χ0v) is 12.9. The molecule has 0 N–H and O–H groups in total. The lowest BCUT2D eigenvalue weighted by molar-refractivity contribution is 0.0531. The molecule has 0 bridgehead atoms. The van der Waals surface area contributed by atoms with Gasteiger partial charge in [0.25, 0.3) is 0 Å². The molecule has 1 aromatic rings. The highest BCUT2D eigenvalue weighted by Crippen LogP contribution is 2.13. The van der Waals surface area contributed by atoms with E-state index < -0.39 is 0 Å². The topological polar surface area (TPSA) is 24.9 Å². The molecule has 1 atom stereocenters. The minimum atomic E-state index is -0.257. The Hall–Kier alpha value is -1.17. The van der Waals surface area contributed by atoms with Crippen molar-refractivity contribution in [3.05, 3.63) is 30.1 Å². The fourth-order valence-corrected chi connectivity index (χ4v) is 2.66. The zero-order chi connectivity index (χ0) is 15.1. The van der Waals surface area contributed by atoms with Gasteiger partial charge >= 0.3 is 0 Å². The smallest absolute Gasteiger partial charge is 0.126 e. The number of nitrogens with zero attached hydrogens (tertiary/aromatic N) is 2. The highest BCUT2D eigenvalue weighted by Gasteiger charge is 2.22. The van der Waals surface area contributed by atoms with Gasteiger partial charge in [0.05, 0.1) is 6.61 Å². The highest BCUT2D eigenvalue weighted by molar-refractivity contribution is 5.22. The van der Waals surface area contributed by atoms with Crippen molar-refractivity contribution in [1.29, 1.82) is 0 Å². The van der Waals surface area contributed by atoms with Crippen LogP contribution in [0.2, 0.25) is 0 Å². The molecule has 0 aliphatic carbocycles. The Labute approximate surface area is 126 Å². The maximum atomic E-state index is 13.0. The summed E-state index contributed by atoms with van der Waals surface area (Å²) >= 11 is 0. The molecule has 1 aliphatic rings. The van der Waals surface area contributed by atoms with E-state index in [4.69, 9.17) is 9.47 Å². The summed E-state index contributed by atoms with van der Waals surface area (Å²) in [6, 6.07) is 6.83. The standard InChI is InChI=1S/C16H25FN2O2/c1-14-13-18(6-7-19(14)9-10-20-2)8-11-21-16-5-3-4-15(17)12-16/h3-5,12,14H,6-11,13H2,1-2H3/t14-/m0/s1. The van der Waals surface area contributed by atoms with Crippen LogP contribution in [0.15, 0.2) is 24.3 Å². The first-order valence-corrected chi connectivity index (χ1v) is 7.53. The molecule has 2 rings (SSSR count). The number of rotatable bonds is 7. The van der Waals surface area contributed by atoms with E-state index in [1.165, 1.54) is 12.1 Å². The fourth-order valence-electron chi connectivity index (χ4n) is 2.66. The van der Waals surface area contributed by atoms with Crippen molar-refractivity contribution < 1.29 is 13.9 Å². The molecule has 1 saturated heterocycles. The van der Waals surface area contributed by atoms with Crippen LogP contribution in [0.3, 0.4) is 0 Å². The second-order valence-electron chi connectivity index (χ2n) is 5.48. The number of piperazine rings is 1. The van der Waals surface area contributed by atoms with Crippen molar-refractivity contribution in [3.63, 3.8) is 0 Å². The Morgan fingerprint density at radius 3 is 2.81 bits per heavy atom. The lowest BCUT2D eigenvalue weighted by Crippen LogP contribution is -2.53. The van der Waals surface area contributed by atoms with Gasteiger partial charge in [-0.3, -0.25) is 9.80 Å². The maximum absolute atomic E-state index is 13.0. The molecule has 0 amide bonds. The summed E-state index contributed by atoms with van der Waals surface area (Å²) in [6.07, 6.45) is 0. The summed E-state index contributed by atoms with van der Waals surface area (Å²) in [5, 5.41) is 0. The van der Waals surface area contributed by atoms with Gasteiger partial charge in [-0.05, 0) is 19.1 Å². The molecular formula is C16H25FN2O2. The van der Waals surface area contributed by atoms with Gasteiger partial charge in [-0.25, -0.2) is 4.39 Å². The fraction of sp³-hybridized carbons (Fsp3) is 0.625. The Kier molecular flexibility index (Phi) is 6.42. The lowest BCUT2D eigenvalue weighted by Gasteiger charge is -2.39. The van der Waals surface area contributed by atoms with E-state index >= 15 is 0 Å². The molecule has 21 heavy (non-hydrogen) atoms. The Morgan fingerprint density at radius 1 is 1.24 bits per heavy atom. The number of ether oxygens (including phenoxy) is 2. The molecule has 4 nitrogen and oxygen atoms in total. The summed E-state index contributed by atoms with van der Waals surface area (Å²) in [5.74, 6) is 0.342. The summed E-state index contributed by atoms with van der Waals surface area (Å²) in [5.41, 5.74) is 0. The summed E-state index contributed by atoms with van der Waals surface area (Å²) in [4.78, 5) is 4.85. The van der Waals surface area contributed by atoms with Crippen molar-refractivity contribution >= 4 is 0 Å². The van der Waals surface area contributed by atoms with E-state index in [0.29, 0.717) is 18.4 Å². The third-order valence-electron chi connectivity index (χ3n) is 3.90. The monoisotopic (exact) mass is 296 g/mol. The van der Waals surface area contributed by atoms with Gasteiger partial charge in [-0.15, -0.1) is 0 Å². The van der Waals surface area contributed by atoms with Gasteiger partial charge < -0.3 is 9.47 Å². The molecule has 5 heteroatoms. The molecule has 0 unspecified atom stereocenters. The van der Waals surface area contributed by atoms with Crippen LogP contribution >= 0.6 is 0 Å². The number of methoxy groups -OCH3 is 1. The first kappa shape index (κ1) is 16.2. The second kappa shape index (κ2) is 8.32. The van der Waals surface area contributed by atoms with Crippen LogP contribution in [-0.4, -0.2) is 68.9 Å². The third kappa shape index (κ3) is 5.26. The van der Waals surface area contributed by atoms with Crippen LogP contribution in [0.5, 0.6) is 5.75 Å². The largest absolute Gasteiger partial charge is 0.492 e. The zero-order valence-electron chi connectivity index (χ0n) is 12.9. The van der Waals surface area contributed by atoms with E-state index in [9.17, 15) is 4.39 Å². The molecule has 1 aromatic carbocycles. The van der Waals surface area contributed by atoms with Crippen molar-refractivity contribution in [3.8, 4) is 5.75 Å².